The van der Waals surface area contributed by atoms with Crippen LogP contribution in [0.1, 0.15) is 60.8 Å². The van der Waals surface area contributed by atoms with E-state index in [9.17, 15) is 5.11 Å². The zero-order chi connectivity index (χ0) is 15.8. The molecule has 1 heterocycles. The van der Waals surface area contributed by atoms with E-state index in [2.05, 4.69) is 40.8 Å². The second-order valence-corrected chi connectivity index (χ2v) is 13.0. The van der Waals surface area contributed by atoms with Crippen LogP contribution in [0.25, 0.3) is 0 Å². The zero-order valence-electron chi connectivity index (χ0n) is 14.6. The Hall–Kier alpha value is 0.0969. The van der Waals surface area contributed by atoms with Gasteiger partial charge in [0, 0.05) is 0 Å². The topological polar surface area (TPSA) is 42.0 Å². The van der Waals surface area contributed by atoms with Gasteiger partial charge in [-0.05, 0) is 38.4 Å². The van der Waals surface area contributed by atoms with Crippen molar-refractivity contribution in [2.75, 3.05) is 0 Å². The monoisotopic (exact) mass is 302 g/mol. The number of aliphatic hydroxyl groups is 1. The first-order valence-corrected chi connectivity index (χ1v) is 10.9. The highest BCUT2D eigenvalue weighted by Crippen LogP contribution is 2.42. The van der Waals surface area contributed by atoms with Crippen LogP contribution in [-0.4, -0.2) is 37.3 Å². The summed E-state index contributed by atoms with van der Waals surface area (Å²) in [4.78, 5) is 0. The second kappa shape index (κ2) is 6.07. The maximum absolute atomic E-state index is 10.1. The molecule has 3 nitrogen and oxygen atoms in total. The summed E-state index contributed by atoms with van der Waals surface area (Å²) < 4.78 is 12.3. The molecule has 3 unspecified atom stereocenters. The van der Waals surface area contributed by atoms with E-state index in [-0.39, 0.29) is 23.4 Å². The van der Waals surface area contributed by atoms with Gasteiger partial charge in [0.25, 0.3) is 0 Å². The summed E-state index contributed by atoms with van der Waals surface area (Å²) in [5.74, 6) is 0. The van der Waals surface area contributed by atoms with Gasteiger partial charge in [-0.15, -0.1) is 0 Å². The van der Waals surface area contributed by atoms with E-state index >= 15 is 0 Å². The van der Waals surface area contributed by atoms with E-state index in [4.69, 9.17) is 9.16 Å². The maximum atomic E-state index is 10.1. The lowest BCUT2D eigenvalue weighted by Gasteiger charge is -2.39. The van der Waals surface area contributed by atoms with E-state index in [1.165, 1.54) is 0 Å². The Kier molecular flexibility index (Phi) is 5.51. The Labute approximate surface area is 126 Å². The lowest BCUT2D eigenvalue weighted by molar-refractivity contribution is 0.0481. The molecule has 1 N–H and O–H groups in total. The van der Waals surface area contributed by atoms with Crippen LogP contribution in [0.2, 0.25) is 18.1 Å². The number of unbranched alkanes of at least 4 members (excludes halogenated alkanes) is 1. The SMILES string of the molecule is CCCCC(O[Si](C)(C)C(C)(C)C)C1OC1C(C)(C)O. The highest BCUT2D eigenvalue weighted by molar-refractivity contribution is 6.74. The molecule has 20 heavy (non-hydrogen) atoms. The Bertz CT molecular complexity index is 315. The van der Waals surface area contributed by atoms with Crippen LogP contribution in [0.3, 0.4) is 0 Å². The van der Waals surface area contributed by atoms with E-state index in [1.807, 2.05) is 13.8 Å². The van der Waals surface area contributed by atoms with Crippen molar-refractivity contribution >= 4 is 8.32 Å². The van der Waals surface area contributed by atoms with Crippen molar-refractivity contribution in [1.82, 2.24) is 0 Å². The lowest BCUT2D eigenvalue weighted by atomic mass is 9.98. The summed E-state index contributed by atoms with van der Waals surface area (Å²) in [6.07, 6.45) is 3.46. The third-order valence-electron chi connectivity index (χ3n) is 4.68. The third kappa shape index (κ3) is 4.55. The van der Waals surface area contributed by atoms with Crippen LogP contribution >= 0.6 is 0 Å². The first kappa shape index (κ1) is 18.1. The van der Waals surface area contributed by atoms with Gasteiger partial charge in [-0.2, -0.15) is 0 Å². The molecule has 0 aliphatic carbocycles. The summed E-state index contributed by atoms with van der Waals surface area (Å²) in [5.41, 5.74) is -0.772. The Morgan fingerprint density at radius 2 is 1.75 bits per heavy atom. The lowest BCUT2D eigenvalue weighted by Crippen LogP contribution is -2.46. The highest BCUT2D eigenvalue weighted by Gasteiger charge is 2.54. The van der Waals surface area contributed by atoms with Crippen LogP contribution in [0, 0.1) is 0 Å². The Morgan fingerprint density at radius 1 is 1.20 bits per heavy atom. The normalized spacial score (nSPS) is 25.6. The first-order valence-electron chi connectivity index (χ1n) is 7.96. The maximum Gasteiger partial charge on any atom is 0.192 e. The number of epoxide rings is 1. The van der Waals surface area contributed by atoms with Crippen LogP contribution in [-0.2, 0) is 9.16 Å². The molecule has 1 aliphatic rings. The summed E-state index contributed by atoms with van der Waals surface area (Å²) in [6, 6.07) is 0. The molecule has 0 radical (unpaired) electrons. The summed E-state index contributed by atoms with van der Waals surface area (Å²) in [6.45, 7) is 17.2. The average molecular weight is 303 g/mol. The minimum Gasteiger partial charge on any atom is -0.411 e. The van der Waals surface area contributed by atoms with Gasteiger partial charge in [-0.1, -0.05) is 40.5 Å². The molecule has 0 saturated carbocycles. The van der Waals surface area contributed by atoms with Crippen molar-refractivity contribution in [1.29, 1.82) is 0 Å². The minimum absolute atomic E-state index is 0.0654. The summed E-state index contributed by atoms with van der Waals surface area (Å²) >= 11 is 0. The van der Waals surface area contributed by atoms with Crippen LogP contribution < -0.4 is 0 Å². The molecule has 1 rings (SSSR count). The molecule has 1 aliphatic heterocycles. The summed E-state index contributed by atoms with van der Waals surface area (Å²) in [7, 11) is -1.79. The fourth-order valence-corrected chi connectivity index (χ4v) is 3.59. The van der Waals surface area contributed by atoms with Crippen molar-refractivity contribution in [2.45, 2.75) is 103 Å². The predicted octanol–water partition coefficient (Wildman–Crippen LogP) is 4.11. The van der Waals surface area contributed by atoms with E-state index in [0.717, 1.165) is 19.3 Å². The van der Waals surface area contributed by atoms with Crippen molar-refractivity contribution in [3.8, 4) is 0 Å². The van der Waals surface area contributed by atoms with Gasteiger partial charge in [0.05, 0.1) is 11.7 Å². The molecule has 0 amide bonds. The molecule has 1 saturated heterocycles. The van der Waals surface area contributed by atoms with E-state index in [1.54, 1.807) is 0 Å². The molecule has 0 aromatic rings. The number of ether oxygens (including phenoxy) is 1. The molecule has 3 atom stereocenters. The highest BCUT2D eigenvalue weighted by atomic mass is 28.4. The third-order valence-corrected chi connectivity index (χ3v) is 9.19. The molecular weight excluding hydrogens is 268 g/mol. The zero-order valence-corrected chi connectivity index (χ0v) is 15.6. The van der Waals surface area contributed by atoms with Gasteiger partial charge in [-0.3, -0.25) is 0 Å². The Balaban J connectivity index is 2.72. The van der Waals surface area contributed by atoms with Crippen molar-refractivity contribution in [3.63, 3.8) is 0 Å². The van der Waals surface area contributed by atoms with Crippen molar-refractivity contribution in [3.05, 3.63) is 0 Å². The molecular formula is C16H34O3Si. The minimum atomic E-state index is -1.79. The second-order valence-electron chi connectivity index (χ2n) is 8.23. The number of hydrogen-bond donors (Lipinski definition) is 1. The van der Waals surface area contributed by atoms with E-state index in [0.29, 0.717) is 0 Å². The molecule has 0 aromatic carbocycles. The molecule has 0 bridgehead atoms. The van der Waals surface area contributed by atoms with Gasteiger partial charge in [-0.25, -0.2) is 0 Å². The molecule has 120 valence electrons. The predicted molar refractivity (Wildman–Crippen MR) is 86.6 cm³/mol. The molecule has 0 aromatic heterocycles. The van der Waals surface area contributed by atoms with Crippen LogP contribution in [0.15, 0.2) is 0 Å². The fraction of sp³-hybridized carbons (Fsp3) is 1.00. The van der Waals surface area contributed by atoms with Crippen LogP contribution in [0.4, 0.5) is 0 Å². The van der Waals surface area contributed by atoms with Gasteiger partial charge in [0.1, 0.15) is 12.2 Å². The smallest absolute Gasteiger partial charge is 0.192 e. The summed E-state index contributed by atoms with van der Waals surface area (Å²) in [5, 5.41) is 10.3. The van der Waals surface area contributed by atoms with Gasteiger partial charge in [0.2, 0.25) is 0 Å². The number of hydrogen-bond acceptors (Lipinski definition) is 3. The molecule has 0 spiro atoms. The fourth-order valence-electron chi connectivity index (χ4n) is 2.23. The molecule has 1 fully saturated rings. The first-order chi connectivity index (χ1) is 8.90. The van der Waals surface area contributed by atoms with E-state index < -0.39 is 13.9 Å². The van der Waals surface area contributed by atoms with Crippen molar-refractivity contribution in [2.24, 2.45) is 0 Å². The average Bonchev–Trinajstić information content (AvgIpc) is 3.01. The number of rotatable bonds is 7. The Morgan fingerprint density at radius 3 is 2.10 bits per heavy atom. The quantitative estimate of drug-likeness (QED) is 0.568. The van der Waals surface area contributed by atoms with Gasteiger partial charge < -0.3 is 14.3 Å². The van der Waals surface area contributed by atoms with Gasteiger partial charge >= 0.3 is 0 Å². The standard InChI is InChI=1S/C16H34O3Si/c1-9-10-11-12(13-14(18-13)16(5,6)17)19-20(7,8)15(2,3)4/h12-14,17H,9-11H2,1-8H3. The van der Waals surface area contributed by atoms with Crippen LogP contribution in [0.5, 0.6) is 0 Å². The molecule has 4 heteroatoms. The van der Waals surface area contributed by atoms with Gasteiger partial charge in [0.15, 0.2) is 8.32 Å². The van der Waals surface area contributed by atoms with Crippen molar-refractivity contribution < 1.29 is 14.3 Å². The largest absolute Gasteiger partial charge is 0.411 e.